The molecule has 0 aliphatic heterocycles. The van der Waals surface area contributed by atoms with Gasteiger partial charge in [-0.25, -0.2) is 4.39 Å². The summed E-state index contributed by atoms with van der Waals surface area (Å²) in [5.41, 5.74) is -1.78. The van der Waals surface area contributed by atoms with Crippen LogP contribution in [0.15, 0.2) is 18.2 Å². The number of rotatable bonds is 1. The molecule has 0 aliphatic rings. The van der Waals surface area contributed by atoms with Crippen LogP contribution in [0.2, 0.25) is 5.02 Å². The molecule has 0 nitrogen and oxygen atoms in total. The summed E-state index contributed by atoms with van der Waals surface area (Å²) in [5.74, 6) is -7.01. The fraction of sp³-hybridized carbons (Fsp3) is 0.250. The highest BCUT2D eigenvalue weighted by molar-refractivity contribution is 6.30. The van der Waals surface area contributed by atoms with Gasteiger partial charge in [0.05, 0.1) is 10.6 Å². The second kappa shape index (κ2) is 3.59. The summed E-state index contributed by atoms with van der Waals surface area (Å²) in [4.78, 5) is 0. The van der Waals surface area contributed by atoms with E-state index in [2.05, 4.69) is 0 Å². The third-order valence-corrected chi connectivity index (χ3v) is 1.94. The lowest BCUT2D eigenvalue weighted by molar-refractivity contribution is -0.290. The first-order valence-corrected chi connectivity index (χ1v) is 3.94. The van der Waals surface area contributed by atoms with E-state index >= 15 is 0 Å². The molecule has 0 unspecified atom stereocenters. The Morgan fingerprint density at radius 2 is 1.53 bits per heavy atom. The van der Waals surface area contributed by atoms with Crippen molar-refractivity contribution in [3.8, 4) is 0 Å². The molecule has 0 saturated carbocycles. The smallest absolute Gasteiger partial charge is 0.205 e. The molecule has 0 atom stereocenters. The van der Waals surface area contributed by atoms with E-state index in [4.69, 9.17) is 11.6 Å². The van der Waals surface area contributed by atoms with Crippen LogP contribution in [0.5, 0.6) is 0 Å². The summed E-state index contributed by atoms with van der Waals surface area (Å²) in [6.07, 6.45) is -5.85. The number of hydrogen-bond acceptors (Lipinski definition) is 0. The second-order valence-corrected chi connectivity index (χ2v) is 3.08. The predicted molar refractivity (Wildman–Crippen MR) is 41.4 cm³/mol. The van der Waals surface area contributed by atoms with Gasteiger partial charge in [0.2, 0.25) is 0 Å². The van der Waals surface area contributed by atoms with Gasteiger partial charge in [-0.1, -0.05) is 17.7 Å². The van der Waals surface area contributed by atoms with Crippen molar-refractivity contribution in [1.82, 2.24) is 0 Å². The molecule has 0 aliphatic carbocycles. The molecule has 0 fully saturated rings. The lowest BCUT2D eigenvalue weighted by Gasteiger charge is -2.20. The summed E-state index contributed by atoms with van der Waals surface area (Å²) in [7, 11) is 0. The maximum absolute atomic E-state index is 12.9. The van der Waals surface area contributed by atoms with Crippen LogP contribution in [0.1, 0.15) is 5.56 Å². The van der Waals surface area contributed by atoms with Crippen molar-refractivity contribution in [2.75, 3.05) is 0 Å². The number of halogens is 7. The molecule has 1 aromatic rings. The standard InChI is InChI=1S/C8H3ClF6/c9-5-3-1-2-4(6(5)10)7(11,12)8(13,14)15/h1-3H. The fourth-order valence-electron chi connectivity index (χ4n) is 0.899. The van der Waals surface area contributed by atoms with E-state index in [1.54, 1.807) is 0 Å². The van der Waals surface area contributed by atoms with Gasteiger partial charge in [-0.3, -0.25) is 0 Å². The van der Waals surface area contributed by atoms with Crippen LogP contribution in [0.3, 0.4) is 0 Å². The molecule has 0 aromatic heterocycles. The number of alkyl halides is 5. The summed E-state index contributed by atoms with van der Waals surface area (Å²) in [5, 5.41) is -0.781. The van der Waals surface area contributed by atoms with Gasteiger partial charge in [-0.2, -0.15) is 22.0 Å². The van der Waals surface area contributed by atoms with Gasteiger partial charge in [0.1, 0.15) is 0 Å². The van der Waals surface area contributed by atoms with Gasteiger partial charge < -0.3 is 0 Å². The molecule has 0 amide bonds. The van der Waals surface area contributed by atoms with Crippen LogP contribution in [-0.2, 0) is 5.92 Å². The zero-order valence-electron chi connectivity index (χ0n) is 6.88. The third kappa shape index (κ3) is 2.04. The maximum Gasteiger partial charge on any atom is 0.458 e. The highest BCUT2D eigenvalue weighted by atomic mass is 35.5. The minimum absolute atomic E-state index is 0.342. The van der Waals surface area contributed by atoms with E-state index in [1.165, 1.54) is 0 Å². The first-order chi connectivity index (χ1) is 6.68. The van der Waals surface area contributed by atoms with Crippen molar-refractivity contribution in [3.05, 3.63) is 34.6 Å². The Morgan fingerprint density at radius 3 is 2.00 bits per heavy atom. The molecular formula is C8H3ClF6. The Balaban J connectivity index is 3.34. The molecule has 7 heteroatoms. The van der Waals surface area contributed by atoms with E-state index in [-0.39, 0.29) is 0 Å². The first kappa shape index (κ1) is 12.2. The molecule has 0 spiro atoms. The topological polar surface area (TPSA) is 0 Å². The Labute approximate surface area is 85.5 Å². The molecule has 15 heavy (non-hydrogen) atoms. The molecule has 1 rings (SSSR count). The van der Waals surface area contributed by atoms with Gasteiger partial charge in [0.15, 0.2) is 5.82 Å². The zero-order chi connectivity index (χ0) is 11.9. The molecule has 0 N–H and O–H groups in total. The van der Waals surface area contributed by atoms with Crippen molar-refractivity contribution >= 4 is 11.6 Å². The monoisotopic (exact) mass is 248 g/mol. The van der Waals surface area contributed by atoms with Crippen molar-refractivity contribution in [2.24, 2.45) is 0 Å². The van der Waals surface area contributed by atoms with E-state index in [0.29, 0.717) is 6.07 Å². The maximum atomic E-state index is 12.9. The lowest BCUT2D eigenvalue weighted by atomic mass is 10.1. The Hall–Kier alpha value is -0.910. The SMILES string of the molecule is Fc1c(Cl)cccc1C(F)(F)C(F)(F)F. The third-order valence-electron chi connectivity index (χ3n) is 1.65. The number of benzene rings is 1. The van der Waals surface area contributed by atoms with E-state index in [0.717, 1.165) is 12.1 Å². The summed E-state index contributed by atoms with van der Waals surface area (Å²) in [6, 6.07) is 2.04. The van der Waals surface area contributed by atoms with Crippen LogP contribution in [0.25, 0.3) is 0 Å². The zero-order valence-corrected chi connectivity index (χ0v) is 7.63. The summed E-state index contributed by atoms with van der Waals surface area (Å²) >= 11 is 5.09. The Morgan fingerprint density at radius 1 is 1.00 bits per heavy atom. The van der Waals surface area contributed by atoms with Crippen molar-refractivity contribution in [2.45, 2.75) is 12.1 Å². The van der Waals surface area contributed by atoms with Gasteiger partial charge >= 0.3 is 12.1 Å². The second-order valence-electron chi connectivity index (χ2n) is 2.67. The predicted octanol–water partition coefficient (Wildman–Crippen LogP) is 4.13. The fourth-order valence-corrected chi connectivity index (χ4v) is 1.07. The van der Waals surface area contributed by atoms with Gasteiger partial charge in [-0.05, 0) is 12.1 Å². The molecule has 0 radical (unpaired) electrons. The quantitative estimate of drug-likeness (QED) is 0.656. The average Bonchev–Trinajstić information content (AvgIpc) is 2.07. The molecule has 84 valence electrons. The Bertz CT molecular complexity index is 370. The normalized spacial score (nSPS) is 13.0. The van der Waals surface area contributed by atoms with E-state index in [9.17, 15) is 26.3 Å². The van der Waals surface area contributed by atoms with Crippen molar-refractivity contribution < 1.29 is 26.3 Å². The highest BCUT2D eigenvalue weighted by Crippen LogP contribution is 2.45. The minimum atomic E-state index is -5.85. The van der Waals surface area contributed by atoms with Crippen molar-refractivity contribution in [3.63, 3.8) is 0 Å². The highest BCUT2D eigenvalue weighted by Gasteiger charge is 2.60. The molecule has 0 saturated heterocycles. The van der Waals surface area contributed by atoms with Crippen molar-refractivity contribution in [1.29, 1.82) is 0 Å². The molecular weight excluding hydrogens is 246 g/mol. The summed E-state index contributed by atoms with van der Waals surface area (Å²) < 4.78 is 73.9. The molecule has 0 bridgehead atoms. The van der Waals surface area contributed by atoms with Crippen LogP contribution < -0.4 is 0 Å². The van der Waals surface area contributed by atoms with Gasteiger partial charge in [0.25, 0.3) is 0 Å². The van der Waals surface area contributed by atoms with Crippen LogP contribution in [-0.4, -0.2) is 6.18 Å². The van der Waals surface area contributed by atoms with E-state index in [1.807, 2.05) is 0 Å². The van der Waals surface area contributed by atoms with Gasteiger partial charge in [-0.15, -0.1) is 0 Å². The van der Waals surface area contributed by atoms with Crippen LogP contribution in [0, 0.1) is 5.82 Å². The lowest BCUT2D eigenvalue weighted by Crippen LogP contribution is -2.34. The van der Waals surface area contributed by atoms with E-state index < -0.39 is 28.5 Å². The van der Waals surface area contributed by atoms with Crippen LogP contribution in [0.4, 0.5) is 26.3 Å². The first-order valence-electron chi connectivity index (χ1n) is 3.57. The molecule has 0 heterocycles. The molecule has 1 aromatic carbocycles. The average molecular weight is 249 g/mol. The minimum Gasteiger partial charge on any atom is -0.205 e. The largest absolute Gasteiger partial charge is 0.458 e. The Kier molecular flexibility index (Phi) is 2.91. The van der Waals surface area contributed by atoms with Gasteiger partial charge in [0, 0.05) is 0 Å². The van der Waals surface area contributed by atoms with Crippen LogP contribution >= 0.6 is 11.6 Å². The number of hydrogen-bond donors (Lipinski definition) is 0. The summed E-state index contributed by atoms with van der Waals surface area (Å²) in [6.45, 7) is 0.